The Morgan fingerprint density at radius 2 is 1.65 bits per heavy atom. The van der Waals surface area contributed by atoms with E-state index in [-0.39, 0.29) is 18.0 Å². The molecule has 1 heterocycles. The molecule has 0 radical (unpaired) electrons. The number of anilines is 2. The Morgan fingerprint density at radius 1 is 1.03 bits per heavy atom. The molecular formula is C27H37N3O6S. The van der Waals surface area contributed by atoms with Crippen molar-refractivity contribution in [3.8, 4) is 0 Å². The van der Waals surface area contributed by atoms with Crippen molar-refractivity contribution in [3.63, 3.8) is 0 Å². The van der Waals surface area contributed by atoms with Gasteiger partial charge in [-0.25, -0.2) is 24.1 Å². The lowest BCUT2D eigenvalue weighted by molar-refractivity contribution is -0.147. The Kier molecular flexibility index (Phi) is 10.1. The highest BCUT2D eigenvalue weighted by atomic mass is 32.2. The summed E-state index contributed by atoms with van der Waals surface area (Å²) in [6, 6.07) is 13.2. The van der Waals surface area contributed by atoms with Crippen molar-refractivity contribution in [1.82, 2.24) is 0 Å². The summed E-state index contributed by atoms with van der Waals surface area (Å²) in [5.74, 6) is 5.34. The number of hydrazine groups is 1. The maximum atomic E-state index is 13.6. The third-order valence-corrected chi connectivity index (χ3v) is 7.89. The van der Waals surface area contributed by atoms with Gasteiger partial charge in [0, 0.05) is 6.42 Å². The zero-order valence-electron chi connectivity index (χ0n) is 21.8. The van der Waals surface area contributed by atoms with Crippen LogP contribution >= 0.6 is 0 Å². The molecular weight excluding hydrogens is 494 g/mol. The van der Waals surface area contributed by atoms with E-state index in [0.717, 1.165) is 36.3 Å². The fraction of sp³-hybridized carbons (Fsp3) is 0.444. The quantitative estimate of drug-likeness (QED) is 0.136. The van der Waals surface area contributed by atoms with Gasteiger partial charge in [0.1, 0.15) is 0 Å². The van der Waals surface area contributed by atoms with Crippen LogP contribution in [0.1, 0.15) is 45.1 Å². The van der Waals surface area contributed by atoms with Crippen LogP contribution in [0.4, 0.5) is 16.2 Å². The summed E-state index contributed by atoms with van der Waals surface area (Å²) in [5.41, 5.74) is 1.81. The molecule has 1 fully saturated rings. The Labute approximate surface area is 219 Å². The second-order valence-electron chi connectivity index (χ2n) is 8.98. The second-order valence-corrected chi connectivity index (χ2v) is 10.8. The smallest absolute Gasteiger partial charge is 0.428 e. The summed E-state index contributed by atoms with van der Waals surface area (Å²) in [6.45, 7) is 7.18. The molecule has 1 saturated heterocycles. The number of hydrogen-bond donors (Lipinski definition) is 1. The van der Waals surface area contributed by atoms with Crippen LogP contribution in [-0.2, 0) is 24.2 Å². The average Bonchev–Trinajstić information content (AvgIpc) is 3.32. The lowest BCUT2D eigenvalue weighted by Gasteiger charge is -2.24. The molecule has 10 heteroatoms. The summed E-state index contributed by atoms with van der Waals surface area (Å²) >= 11 is 0. The lowest BCUT2D eigenvalue weighted by Crippen LogP contribution is -2.38. The highest BCUT2D eigenvalue weighted by Crippen LogP contribution is 2.27. The van der Waals surface area contributed by atoms with E-state index in [4.69, 9.17) is 20.1 Å². The highest BCUT2D eigenvalue weighted by Gasteiger charge is 2.29. The molecule has 0 bridgehead atoms. The van der Waals surface area contributed by atoms with Gasteiger partial charge in [0.25, 0.3) is 10.0 Å². The first-order chi connectivity index (χ1) is 17.7. The molecule has 0 saturated carbocycles. The molecule has 3 rings (SSSR count). The third-order valence-electron chi connectivity index (χ3n) is 6.08. The minimum Gasteiger partial charge on any atom is -0.449 e. The van der Waals surface area contributed by atoms with Crippen molar-refractivity contribution in [2.24, 2.45) is 5.84 Å². The molecule has 202 valence electrons. The predicted octanol–water partition coefficient (Wildman–Crippen LogP) is 4.91. The van der Waals surface area contributed by atoms with Crippen molar-refractivity contribution in [2.75, 3.05) is 35.7 Å². The van der Waals surface area contributed by atoms with Gasteiger partial charge in [-0.05, 0) is 76.4 Å². The Bertz CT molecular complexity index is 1140. The van der Waals surface area contributed by atoms with Gasteiger partial charge in [-0.3, -0.25) is 4.31 Å². The van der Waals surface area contributed by atoms with E-state index in [1.165, 1.54) is 4.31 Å². The largest absolute Gasteiger partial charge is 0.449 e. The number of aryl methyl sites for hydroxylation is 1. The summed E-state index contributed by atoms with van der Waals surface area (Å²) < 4.78 is 44.6. The van der Waals surface area contributed by atoms with Crippen LogP contribution in [0.2, 0.25) is 0 Å². The molecule has 1 aliphatic heterocycles. The first-order valence-corrected chi connectivity index (χ1v) is 13.9. The van der Waals surface area contributed by atoms with E-state index in [2.05, 4.69) is 0 Å². The zero-order valence-corrected chi connectivity index (χ0v) is 22.6. The Hall–Kier alpha value is -2.92. The van der Waals surface area contributed by atoms with Gasteiger partial charge in [-0.2, -0.15) is 0 Å². The zero-order chi connectivity index (χ0) is 26.9. The number of allylic oxidation sites excluding steroid dienone is 1. The second kappa shape index (κ2) is 13.0. The van der Waals surface area contributed by atoms with Gasteiger partial charge in [0.2, 0.25) is 0 Å². The monoisotopic (exact) mass is 531 g/mol. The Morgan fingerprint density at radius 3 is 2.27 bits per heavy atom. The molecule has 0 aromatic heterocycles. The molecule has 37 heavy (non-hydrogen) atoms. The Balaban J connectivity index is 1.71. The van der Waals surface area contributed by atoms with Crippen molar-refractivity contribution in [3.05, 3.63) is 66.2 Å². The van der Waals surface area contributed by atoms with Gasteiger partial charge in [0.05, 0.1) is 42.6 Å². The number of rotatable bonds is 12. The van der Waals surface area contributed by atoms with Crippen LogP contribution in [0.25, 0.3) is 0 Å². The van der Waals surface area contributed by atoms with Crippen LogP contribution in [0.15, 0.2) is 65.6 Å². The minimum absolute atomic E-state index is 0.156. The fourth-order valence-electron chi connectivity index (χ4n) is 3.96. The number of sulfonamides is 1. The summed E-state index contributed by atoms with van der Waals surface area (Å²) in [5, 5.41) is 0.883. The number of hydrogen-bond acceptors (Lipinski definition) is 7. The molecule has 1 aliphatic rings. The van der Waals surface area contributed by atoms with Gasteiger partial charge in [0.15, 0.2) is 5.79 Å². The van der Waals surface area contributed by atoms with Crippen molar-refractivity contribution >= 4 is 27.5 Å². The first-order valence-electron chi connectivity index (χ1n) is 12.5. The summed E-state index contributed by atoms with van der Waals surface area (Å²) in [7, 11) is -3.83. The molecule has 2 aromatic rings. The van der Waals surface area contributed by atoms with Crippen LogP contribution in [0.3, 0.4) is 0 Å². The van der Waals surface area contributed by atoms with E-state index in [1.807, 2.05) is 26.0 Å². The van der Waals surface area contributed by atoms with Crippen molar-refractivity contribution in [1.29, 1.82) is 0 Å². The van der Waals surface area contributed by atoms with Gasteiger partial charge in [-0.1, -0.05) is 29.8 Å². The summed E-state index contributed by atoms with van der Waals surface area (Å²) in [4.78, 5) is 12.1. The topological polar surface area (TPSA) is 111 Å². The van der Waals surface area contributed by atoms with Gasteiger partial charge < -0.3 is 14.2 Å². The minimum atomic E-state index is -3.83. The number of unbranched alkanes of at least 4 members (excludes halogenated alkanes) is 2. The molecule has 2 aromatic carbocycles. The van der Waals surface area contributed by atoms with Crippen molar-refractivity contribution in [2.45, 2.75) is 57.1 Å². The normalized spacial score (nSPS) is 15.1. The standard InChI is InChI=1S/C27H37N3O6S/c1-4-34-26(31)30(28)24-14-12-23(13-15-24)29(37(32,33)25-16-10-22(2)11-17-25)19-9-7-5-6-8-18-27(3)35-20-21-36-27/h7,9-17H,4-6,8,18-21,28H2,1-3H3/b9-7+. The maximum Gasteiger partial charge on any atom is 0.428 e. The van der Waals surface area contributed by atoms with Crippen LogP contribution in [-0.4, -0.2) is 46.7 Å². The third kappa shape index (κ3) is 7.78. The van der Waals surface area contributed by atoms with Crippen LogP contribution in [0.5, 0.6) is 0 Å². The molecule has 9 nitrogen and oxygen atoms in total. The van der Waals surface area contributed by atoms with Crippen molar-refractivity contribution < 1.29 is 27.4 Å². The number of amides is 1. The number of benzene rings is 2. The SMILES string of the molecule is CCOC(=O)N(N)c1ccc(N(C/C=C/CCCCC2(C)OCCO2)S(=O)(=O)c2ccc(C)cc2)cc1. The van der Waals surface area contributed by atoms with E-state index in [9.17, 15) is 13.2 Å². The number of nitrogens with two attached hydrogens (primary N) is 1. The number of ether oxygens (including phenoxy) is 3. The molecule has 0 unspecified atom stereocenters. The summed E-state index contributed by atoms with van der Waals surface area (Å²) in [6.07, 6.45) is 6.69. The fourth-order valence-corrected chi connectivity index (χ4v) is 5.37. The van der Waals surface area contributed by atoms with E-state index >= 15 is 0 Å². The van der Waals surface area contributed by atoms with Crippen LogP contribution in [0, 0.1) is 6.92 Å². The molecule has 2 N–H and O–H groups in total. The lowest BCUT2D eigenvalue weighted by atomic mass is 10.1. The molecule has 0 atom stereocenters. The van der Waals surface area contributed by atoms with Gasteiger partial charge in [-0.15, -0.1) is 0 Å². The predicted molar refractivity (Wildman–Crippen MR) is 144 cm³/mol. The van der Waals surface area contributed by atoms with E-state index < -0.39 is 21.9 Å². The molecule has 0 spiro atoms. The molecule has 1 amide bonds. The number of nitrogens with zero attached hydrogens (tertiary/aromatic N) is 2. The number of carbonyl (C=O) groups excluding carboxylic acids is 1. The molecule has 0 aliphatic carbocycles. The number of carbonyl (C=O) groups is 1. The van der Waals surface area contributed by atoms with E-state index in [1.54, 1.807) is 55.5 Å². The first kappa shape index (κ1) is 28.6. The van der Waals surface area contributed by atoms with Crippen LogP contribution < -0.4 is 15.2 Å². The van der Waals surface area contributed by atoms with E-state index in [0.29, 0.717) is 24.6 Å². The highest BCUT2D eigenvalue weighted by molar-refractivity contribution is 7.92. The maximum absolute atomic E-state index is 13.6. The average molecular weight is 532 g/mol. The van der Waals surface area contributed by atoms with Gasteiger partial charge >= 0.3 is 6.09 Å².